The zero-order valence-corrected chi connectivity index (χ0v) is 9.27. The topological polar surface area (TPSA) is 26.3 Å². The van der Waals surface area contributed by atoms with Gasteiger partial charge in [-0.2, -0.15) is 0 Å². The first kappa shape index (κ1) is 12.1. The van der Waals surface area contributed by atoms with Crippen LogP contribution in [0.1, 0.15) is 38.3 Å². The molecular formula is C15H18O2. The molecule has 2 nitrogen and oxygen atoms in total. The number of benzene rings is 1. The highest BCUT2D eigenvalue weighted by Crippen LogP contribution is 2.54. The summed E-state index contributed by atoms with van der Waals surface area (Å²) in [7, 11) is 0. The zero-order valence-electron chi connectivity index (χ0n) is 9.27. The lowest BCUT2D eigenvalue weighted by Gasteiger charge is -2.23. The minimum Gasteiger partial charge on any atom is -0.343 e. The largest absolute Gasteiger partial charge is 0.343 e. The maximum Gasteiger partial charge on any atom is 0.168 e. The summed E-state index contributed by atoms with van der Waals surface area (Å²) in [6.07, 6.45) is 6.82. The molecule has 0 N–H and O–H groups in total. The van der Waals surface area contributed by atoms with E-state index in [0.717, 1.165) is 30.3 Å². The SMILES string of the molecule is C.CCCC12C=CC(C=O)(O1)c1ccccc12. The number of hydrogen-bond donors (Lipinski definition) is 0. The van der Waals surface area contributed by atoms with Crippen LogP contribution in [-0.2, 0) is 20.7 Å². The molecule has 2 bridgehead atoms. The van der Waals surface area contributed by atoms with Crippen molar-refractivity contribution in [2.45, 2.75) is 38.4 Å². The fourth-order valence-corrected chi connectivity index (χ4v) is 2.88. The van der Waals surface area contributed by atoms with E-state index in [9.17, 15) is 4.79 Å². The predicted molar refractivity (Wildman–Crippen MR) is 67.7 cm³/mol. The molecule has 2 aliphatic heterocycles. The lowest BCUT2D eigenvalue weighted by Crippen LogP contribution is -2.24. The molecule has 1 aromatic rings. The molecule has 2 heterocycles. The van der Waals surface area contributed by atoms with Crippen LogP contribution in [0.4, 0.5) is 0 Å². The second-order valence-electron chi connectivity index (χ2n) is 4.53. The van der Waals surface area contributed by atoms with Crippen LogP contribution >= 0.6 is 0 Å². The van der Waals surface area contributed by atoms with Crippen molar-refractivity contribution in [1.82, 2.24) is 0 Å². The molecule has 0 spiro atoms. The summed E-state index contributed by atoms with van der Waals surface area (Å²) in [6, 6.07) is 8.03. The van der Waals surface area contributed by atoms with E-state index in [-0.39, 0.29) is 13.0 Å². The predicted octanol–water partition coefficient (Wildman–Crippen LogP) is 3.31. The average molecular weight is 230 g/mol. The van der Waals surface area contributed by atoms with E-state index in [0.29, 0.717) is 0 Å². The van der Waals surface area contributed by atoms with E-state index in [2.05, 4.69) is 13.0 Å². The monoisotopic (exact) mass is 230 g/mol. The summed E-state index contributed by atoms with van der Waals surface area (Å²) >= 11 is 0. The third-order valence-corrected chi connectivity index (χ3v) is 3.55. The molecule has 17 heavy (non-hydrogen) atoms. The minimum atomic E-state index is -0.814. The molecule has 90 valence electrons. The minimum absolute atomic E-state index is 0. The normalized spacial score (nSPS) is 32.1. The van der Waals surface area contributed by atoms with E-state index >= 15 is 0 Å². The van der Waals surface area contributed by atoms with Crippen molar-refractivity contribution in [3.05, 3.63) is 47.5 Å². The summed E-state index contributed by atoms with van der Waals surface area (Å²) < 4.78 is 6.03. The van der Waals surface area contributed by atoms with Crippen molar-refractivity contribution in [3.63, 3.8) is 0 Å². The van der Waals surface area contributed by atoms with Crippen LogP contribution in [0.2, 0.25) is 0 Å². The first-order valence-corrected chi connectivity index (χ1v) is 5.73. The standard InChI is InChI=1S/C14H14O2.CH4/c1-2-7-13-8-9-14(10-15,16-13)12-6-4-3-5-11(12)13;/h3-6,8-10H,2,7H2,1H3;1H4. The lowest BCUT2D eigenvalue weighted by molar-refractivity contribution is -0.133. The highest BCUT2D eigenvalue weighted by molar-refractivity contribution is 5.75. The Labute approximate surface area is 102 Å². The fraction of sp³-hybridized carbons (Fsp3) is 0.400. The van der Waals surface area contributed by atoms with Gasteiger partial charge in [-0.05, 0) is 24.1 Å². The van der Waals surface area contributed by atoms with Crippen LogP contribution in [0, 0.1) is 0 Å². The third-order valence-electron chi connectivity index (χ3n) is 3.55. The third kappa shape index (κ3) is 1.34. The Bertz CT molecular complexity index is 478. The van der Waals surface area contributed by atoms with Crippen molar-refractivity contribution in [3.8, 4) is 0 Å². The smallest absolute Gasteiger partial charge is 0.168 e. The van der Waals surface area contributed by atoms with Crippen LogP contribution < -0.4 is 0 Å². The van der Waals surface area contributed by atoms with E-state index < -0.39 is 5.60 Å². The summed E-state index contributed by atoms with van der Waals surface area (Å²) in [5.74, 6) is 0. The molecule has 3 rings (SSSR count). The number of rotatable bonds is 3. The first-order valence-electron chi connectivity index (χ1n) is 5.73. The van der Waals surface area contributed by atoms with E-state index in [1.165, 1.54) is 0 Å². The Morgan fingerprint density at radius 1 is 1.24 bits per heavy atom. The number of carbonyl (C=O) groups excluding carboxylic acids is 1. The Morgan fingerprint density at radius 3 is 2.59 bits per heavy atom. The maximum atomic E-state index is 11.3. The fourth-order valence-electron chi connectivity index (χ4n) is 2.88. The Morgan fingerprint density at radius 2 is 1.94 bits per heavy atom. The van der Waals surface area contributed by atoms with Gasteiger partial charge in [-0.3, -0.25) is 4.79 Å². The highest BCUT2D eigenvalue weighted by atomic mass is 16.5. The lowest BCUT2D eigenvalue weighted by atomic mass is 9.80. The van der Waals surface area contributed by atoms with Gasteiger partial charge in [-0.15, -0.1) is 0 Å². The van der Waals surface area contributed by atoms with E-state index in [4.69, 9.17) is 4.74 Å². The number of fused-ring (bicyclic) bond motifs is 5. The molecule has 0 saturated carbocycles. The van der Waals surface area contributed by atoms with Crippen LogP contribution in [0.25, 0.3) is 0 Å². The van der Waals surface area contributed by atoms with Gasteiger partial charge in [0.05, 0.1) is 0 Å². The van der Waals surface area contributed by atoms with Gasteiger partial charge in [0.2, 0.25) is 0 Å². The summed E-state index contributed by atoms with van der Waals surface area (Å²) in [5.41, 5.74) is 1.00. The molecule has 2 aliphatic rings. The molecule has 2 unspecified atom stereocenters. The van der Waals surface area contributed by atoms with E-state index in [1.54, 1.807) is 0 Å². The first-order chi connectivity index (χ1) is 7.76. The number of carbonyl (C=O) groups is 1. The number of aldehydes is 1. The molecule has 0 aliphatic carbocycles. The quantitative estimate of drug-likeness (QED) is 0.588. The number of ether oxygens (including phenoxy) is 1. The van der Waals surface area contributed by atoms with Crippen LogP contribution in [0.5, 0.6) is 0 Å². The van der Waals surface area contributed by atoms with Crippen molar-refractivity contribution >= 4 is 6.29 Å². The molecule has 0 amide bonds. The second kappa shape index (κ2) is 3.81. The molecule has 2 heteroatoms. The van der Waals surface area contributed by atoms with Gasteiger partial charge in [0, 0.05) is 5.56 Å². The molecule has 0 fully saturated rings. The van der Waals surface area contributed by atoms with Gasteiger partial charge in [0.1, 0.15) is 5.60 Å². The van der Waals surface area contributed by atoms with Crippen LogP contribution in [-0.4, -0.2) is 6.29 Å². The summed E-state index contributed by atoms with van der Waals surface area (Å²) in [6.45, 7) is 2.13. The van der Waals surface area contributed by atoms with Gasteiger partial charge >= 0.3 is 0 Å². The molecule has 0 radical (unpaired) electrons. The van der Waals surface area contributed by atoms with Gasteiger partial charge in [0.15, 0.2) is 11.9 Å². The van der Waals surface area contributed by atoms with Crippen LogP contribution in [0.3, 0.4) is 0 Å². The van der Waals surface area contributed by atoms with Crippen LogP contribution in [0.15, 0.2) is 36.4 Å². The van der Waals surface area contributed by atoms with Crippen molar-refractivity contribution in [1.29, 1.82) is 0 Å². The molecule has 1 aromatic carbocycles. The van der Waals surface area contributed by atoms with Gasteiger partial charge < -0.3 is 4.74 Å². The highest BCUT2D eigenvalue weighted by Gasteiger charge is 2.54. The second-order valence-corrected chi connectivity index (χ2v) is 4.53. The van der Waals surface area contributed by atoms with Crippen molar-refractivity contribution in [2.75, 3.05) is 0 Å². The van der Waals surface area contributed by atoms with Gasteiger partial charge in [-0.1, -0.05) is 45.0 Å². The molecule has 0 aromatic heterocycles. The average Bonchev–Trinajstić information content (AvgIpc) is 2.83. The van der Waals surface area contributed by atoms with Crippen molar-refractivity contribution in [2.24, 2.45) is 0 Å². The van der Waals surface area contributed by atoms with E-state index in [1.807, 2.05) is 30.4 Å². The molecular weight excluding hydrogens is 212 g/mol. The Kier molecular flexibility index (Phi) is 2.70. The molecule has 2 atom stereocenters. The number of hydrogen-bond acceptors (Lipinski definition) is 2. The molecule has 0 saturated heterocycles. The van der Waals surface area contributed by atoms with Crippen molar-refractivity contribution < 1.29 is 9.53 Å². The van der Waals surface area contributed by atoms with Gasteiger partial charge in [0.25, 0.3) is 0 Å². The summed E-state index contributed by atoms with van der Waals surface area (Å²) in [5, 5.41) is 0. The maximum absolute atomic E-state index is 11.3. The Balaban J connectivity index is 0.00000108. The zero-order chi connectivity index (χ0) is 11.2. The van der Waals surface area contributed by atoms with Gasteiger partial charge in [-0.25, -0.2) is 0 Å². The summed E-state index contributed by atoms with van der Waals surface area (Å²) in [4.78, 5) is 11.3. The Hall–Kier alpha value is -1.41.